The number of fused-ring (bicyclic) bond motifs is 1. The van der Waals surface area contributed by atoms with Gasteiger partial charge in [-0.1, -0.05) is 0 Å². The van der Waals surface area contributed by atoms with Gasteiger partial charge >= 0.3 is 0 Å². The first-order valence-corrected chi connectivity index (χ1v) is 8.11. The fourth-order valence-electron chi connectivity index (χ4n) is 2.65. The summed E-state index contributed by atoms with van der Waals surface area (Å²) in [5.41, 5.74) is 1.12. The number of aromatic nitrogens is 2. The molecule has 6 heteroatoms. The van der Waals surface area contributed by atoms with Gasteiger partial charge in [-0.05, 0) is 13.8 Å². The standard InChI is InChI=1S/C13H19ClN4S/c1-10(2)16-3-5-17(6-4-16)12-11(9-14)18-7-8-19-13(18)15-12/h7-8,10H,3-6,9H2,1-2H3. The molecule has 3 heterocycles. The second-order valence-electron chi connectivity index (χ2n) is 5.19. The minimum Gasteiger partial charge on any atom is -0.352 e. The van der Waals surface area contributed by atoms with E-state index in [9.17, 15) is 0 Å². The molecule has 0 bridgehead atoms. The van der Waals surface area contributed by atoms with E-state index in [1.54, 1.807) is 11.3 Å². The molecule has 2 aromatic rings. The third-order valence-corrected chi connectivity index (χ3v) is 4.82. The Morgan fingerprint density at radius 3 is 2.68 bits per heavy atom. The minimum absolute atomic E-state index is 0.512. The smallest absolute Gasteiger partial charge is 0.195 e. The average Bonchev–Trinajstić information content (AvgIpc) is 2.98. The number of imidazole rings is 1. The van der Waals surface area contributed by atoms with Gasteiger partial charge in [0.05, 0.1) is 11.6 Å². The number of nitrogens with zero attached hydrogens (tertiary/aromatic N) is 4. The summed E-state index contributed by atoms with van der Waals surface area (Å²) >= 11 is 7.78. The number of piperazine rings is 1. The molecule has 0 N–H and O–H groups in total. The number of anilines is 1. The molecular weight excluding hydrogens is 280 g/mol. The van der Waals surface area contributed by atoms with Crippen molar-refractivity contribution in [1.82, 2.24) is 14.3 Å². The molecule has 0 unspecified atom stereocenters. The van der Waals surface area contributed by atoms with Crippen LogP contribution >= 0.6 is 22.9 Å². The molecule has 19 heavy (non-hydrogen) atoms. The molecule has 3 rings (SSSR count). The van der Waals surface area contributed by atoms with E-state index < -0.39 is 0 Å². The van der Waals surface area contributed by atoms with E-state index in [2.05, 4.69) is 39.6 Å². The number of rotatable bonds is 3. The van der Waals surface area contributed by atoms with E-state index in [4.69, 9.17) is 16.6 Å². The van der Waals surface area contributed by atoms with Crippen molar-refractivity contribution in [3.63, 3.8) is 0 Å². The van der Waals surface area contributed by atoms with Crippen LogP contribution in [-0.4, -0.2) is 46.5 Å². The van der Waals surface area contributed by atoms with Gasteiger partial charge in [-0.3, -0.25) is 9.30 Å². The van der Waals surface area contributed by atoms with E-state index in [1.165, 1.54) is 0 Å². The lowest BCUT2D eigenvalue weighted by atomic mass is 10.2. The molecule has 0 radical (unpaired) electrons. The van der Waals surface area contributed by atoms with Crippen LogP contribution in [0.3, 0.4) is 0 Å². The maximum absolute atomic E-state index is 6.11. The summed E-state index contributed by atoms with van der Waals surface area (Å²) in [6.45, 7) is 8.79. The SMILES string of the molecule is CC(C)N1CCN(c2nc3sccn3c2CCl)CC1. The zero-order valence-electron chi connectivity index (χ0n) is 11.3. The van der Waals surface area contributed by atoms with Crippen molar-refractivity contribution in [1.29, 1.82) is 0 Å². The summed E-state index contributed by atoms with van der Waals surface area (Å²) < 4.78 is 2.11. The van der Waals surface area contributed by atoms with Gasteiger partial charge in [-0.2, -0.15) is 0 Å². The molecule has 0 saturated carbocycles. The van der Waals surface area contributed by atoms with Crippen LogP contribution in [0, 0.1) is 0 Å². The molecule has 0 aromatic carbocycles. The van der Waals surface area contributed by atoms with E-state index in [-0.39, 0.29) is 0 Å². The third-order valence-electron chi connectivity index (χ3n) is 3.81. The lowest BCUT2D eigenvalue weighted by Crippen LogP contribution is -2.49. The quantitative estimate of drug-likeness (QED) is 0.814. The highest BCUT2D eigenvalue weighted by molar-refractivity contribution is 7.15. The van der Waals surface area contributed by atoms with E-state index in [0.29, 0.717) is 11.9 Å². The van der Waals surface area contributed by atoms with Crippen LogP contribution in [0.1, 0.15) is 19.5 Å². The van der Waals surface area contributed by atoms with Gasteiger partial charge in [0.15, 0.2) is 10.8 Å². The van der Waals surface area contributed by atoms with E-state index in [1.807, 2.05) is 0 Å². The average molecular weight is 299 g/mol. The first-order chi connectivity index (χ1) is 9.20. The number of halogens is 1. The Kier molecular flexibility index (Phi) is 3.69. The molecule has 4 nitrogen and oxygen atoms in total. The zero-order chi connectivity index (χ0) is 13.4. The van der Waals surface area contributed by atoms with Crippen LogP contribution in [0.4, 0.5) is 5.82 Å². The second kappa shape index (κ2) is 5.31. The van der Waals surface area contributed by atoms with Gasteiger partial charge in [-0.25, -0.2) is 4.98 Å². The first kappa shape index (κ1) is 13.2. The molecule has 1 fully saturated rings. The number of hydrogen-bond acceptors (Lipinski definition) is 4. The summed E-state index contributed by atoms with van der Waals surface area (Å²) in [5.74, 6) is 1.59. The Morgan fingerprint density at radius 1 is 1.32 bits per heavy atom. The van der Waals surface area contributed by atoms with Gasteiger partial charge in [0.2, 0.25) is 0 Å². The predicted molar refractivity (Wildman–Crippen MR) is 81.5 cm³/mol. The van der Waals surface area contributed by atoms with Gasteiger partial charge in [0, 0.05) is 43.8 Å². The third kappa shape index (κ3) is 2.35. The van der Waals surface area contributed by atoms with Crippen molar-refractivity contribution in [3.8, 4) is 0 Å². The maximum Gasteiger partial charge on any atom is 0.195 e. The minimum atomic E-state index is 0.512. The normalized spacial score (nSPS) is 17.8. The Bertz CT molecular complexity index is 554. The van der Waals surface area contributed by atoms with Crippen molar-refractivity contribution in [3.05, 3.63) is 17.3 Å². The summed E-state index contributed by atoms with van der Waals surface area (Å²) in [5, 5.41) is 2.05. The number of thiazole rings is 1. The Balaban J connectivity index is 1.83. The topological polar surface area (TPSA) is 23.8 Å². The van der Waals surface area contributed by atoms with Crippen LogP contribution in [0.5, 0.6) is 0 Å². The molecule has 1 saturated heterocycles. The maximum atomic E-state index is 6.11. The van der Waals surface area contributed by atoms with Crippen LogP contribution in [0.25, 0.3) is 4.96 Å². The molecule has 2 aromatic heterocycles. The summed E-state index contributed by atoms with van der Waals surface area (Å²) in [6, 6.07) is 0.625. The molecular formula is C13H19ClN4S. The van der Waals surface area contributed by atoms with Gasteiger partial charge in [0.25, 0.3) is 0 Å². The fourth-order valence-corrected chi connectivity index (χ4v) is 3.63. The van der Waals surface area contributed by atoms with Gasteiger partial charge in [0.1, 0.15) is 0 Å². The highest BCUT2D eigenvalue weighted by Gasteiger charge is 2.23. The largest absolute Gasteiger partial charge is 0.352 e. The zero-order valence-corrected chi connectivity index (χ0v) is 12.9. The predicted octanol–water partition coefficient (Wildman–Crippen LogP) is 2.67. The van der Waals surface area contributed by atoms with Crippen molar-refractivity contribution < 1.29 is 0 Å². The molecule has 0 aliphatic carbocycles. The lowest BCUT2D eigenvalue weighted by Gasteiger charge is -2.37. The highest BCUT2D eigenvalue weighted by Crippen LogP contribution is 2.27. The highest BCUT2D eigenvalue weighted by atomic mass is 35.5. The van der Waals surface area contributed by atoms with Crippen molar-refractivity contribution in [2.75, 3.05) is 31.1 Å². The Labute approximate surface area is 122 Å². The molecule has 1 aliphatic rings. The Morgan fingerprint density at radius 2 is 2.05 bits per heavy atom. The molecule has 0 atom stereocenters. The van der Waals surface area contributed by atoms with Crippen LogP contribution in [0.2, 0.25) is 0 Å². The van der Waals surface area contributed by atoms with Gasteiger partial charge < -0.3 is 4.90 Å². The monoisotopic (exact) mass is 298 g/mol. The number of hydrogen-bond donors (Lipinski definition) is 0. The Hall–Kier alpha value is -0.780. The number of alkyl halides is 1. The van der Waals surface area contributed by atoms with Crippen LogP contribution in [-0.2, 0) is 5.88 Å². The summed E-state index contributed by atoms with van der Waals surface area (Å²) in [6.07, 6.45) is 2.05. The summed E-state index contributed by atoms with van der Waals surface area (Å²) in [7, 11) is 0. The fraction of sp³-hybridized carbons (Fsp3) is 0.615. The van der Waals surface area contributed by atoms with E-state index in [0.717, 1.165) is 42.7 Å². The molecule has 104 valence electrons. The molecule has 1 aliphatic heterocycles. The molecule has 0 amide bonds. The van der Waals surface area contributed by atoms with Crippen molar-refractivity contribution >= 4 is 33.7 Å². The van der Waals surface area contributed by atoms with Gasteiger partial charge in [-0.15, -0.1) is 22.9 Å². The van der Waals surface area contributed by atoms with Crippen molar-refractivity contribution in [2.24, 2.45) is 0 Å². The second-order valence-corrected chi connectivity index (χ2v) is 6.33. The van der Waals surface area contributed by atoms with Crippen LogP contribution in [0.15, 0.2) is 11.6 Å². The van der Waals surface area contributed by atoms with E-state index >= 15 is 0 Å². The van der Waals surface area contributed by atoms with Crippen LogP contribution < -0.4 is 4.90 Å². The lowest BCUT2D eigenvalue weighted by molar-refractivity contribution is 0.209. The summed E-state index contributed by atoms with van der Waals surface area (Å²) in [4.78, 5) is 10.7. The molecule has 0 spiro atoms. The van der Waals surface area contributed by atoms with Crippen molar-refractivity contribution in [2.45, 2.75) is 25.8 Å². The first-order valence-electron chi connectivity index (χ1n) is 6.70.